The smallest absolute Gasteiger partial charge is 0.244 e. The molecule has 0 radical (unpaired) electrons. The van der Waals surface area contributed by atoms with E-state index < -0.39 is 0 Å². The van der Waals surface area contributed by atoms with Crippen molar-refractivity contribution in [3.05, 3.63) is 51.7 Å². The molecule has 1 aliphatic heterocycles. The van der Waals surface area contributed by atoms with Gasteiger partial charge in [-0.25, -0.2) is 0 Å². The molecule has 0 aliphatic carbocycles. The van der Waals surface area contributed by atoms with Crippen LogP contribution in [0.5, 0.6) is 0 Å². The minimum atomic E-state index is -0.118. The molecule has 0 saturated heterocycles. The van der Waals surface area contributed by atoms with Crippen molar-refractivity contribution < 1.29 is 4.79 Å². The third-order valence-corrected chi connectivity index (χ3v) is 5.54. The second-order valence-electron chi connectivity index (χ2n) is 5.99. The Balaban J connectivity index is 1.71. The van der Waals surface area contributed by atoms with Crippen molar-refractivity contribution in [2.75, 3.05) is 18.5 Å². The van der Waals surface area contributed by atoms with E-state index in [0.717, 1.165) is 25.2 Å². The molecule has 0 spiro atoms. The van der Waals surface area contributed by atoms with Gasteiger partial charge in [0, 0.05) is 23.7 Å². The van der Waals surface area contributed by atoms with E-state index in [0.29, 0.717) is 0 Å². The molecule has 1 aromatic heterocycles. The van der Waals surface area contributed by atoms with Crippen molar-refractivity contribution in [1.82, 2.24) is 4.90 Å². The molecule has 116 valence electrons. The maximum Gasteiger partial charge on any atom is 0.244 e. The minimum absolute atomic E-state index is 0.118. The number of para-hydroxylation sites is 1. The Morgan fingerprint density at radius 2 is 2.14 bits per heavy atom. The zero-order valence-electron chi connectivity index (χ0n) is 13.4. The van der Waals surface area contributed by atoms with Gasteiger partial charge in [0.05, 0.1) is 6.04 Å². The molecule has 1 aliphatic rings. The van der Waals surface area contributed by atoms with Gasteiger partial charge in [-0.15, -0.1) is 11.3 Å². The summed E-state index contributed by atoms with van der Waals surface area (Å²) in [7, 11) is 2.03. The number of thiophene rings is 1. The van der Waals surface area contributed by atoms with Crippen LogP contribution in [0.15, 0.2) is 35.7 Å². The zero-order chi connectivity index (χ0) is 15.7. The first kappa shape index (κ1) is 15.3. The zero-order valence-corrected chi connectivity index (χ0v) is 14.2. The fraction of sp³-hybridized carbons (Fsp3) is 0.389. The number of hydrogen-bond acceptors (Lipinski definition) is 3. The summed E-state index contributed by atoms with van der Waals surface area (Å²) in [6.07, 6.45) is 0.961. The standard InChI is InChI=1S/C18H22N2OS/c1-13-9-11-22-17(13)12-19(3)14(2)18(21)20-10-8-15-6-4-5-7-16(15)20/h4-7,9,11,14H,8,10,12H2,1-3H3. The lowest BCUT2D eigenvalue weighted by atomic mass is 10.2. The SMILES string of the molecule is Cc1ccsc1CN(C)C(C)C(=O)N1CCc2ccccc21. The first-order valence-electron chi connectivity index (χ1n) is 7.70. The molecular formula is C18H22N2OS. The second-order valence-corrected chi connectivity index (χ2v) is 6.99. The number of nitrogens with zero attached hydrogens (tertiary/aromatic N) is 2. The molecule has 2 heterocycles. The fourth-order valence-corrected chi connectivity index (χ4v) is 3.88. The van der Waals surface area contributed by atoms with Crippen LogP contribution in [0.1, 0.15) is 22.9 Å². The molecule has 0 saturated carbocycles. The van der Waals surface area contributed by atoms with E-state index in [2.05, 4.69) is 35.4 Å². The van der Waals surface area contributed by atoms with Crippen LogP contribution in [-0.4, -0.2) is 30.4 Å². The van der Waals surface area contributed by atoms with Crippen LogP contribution in [0, 0.1) is 6.92 Å². The van der Waals surface area contributed by atoms with Crippen LogP contribution in [-0.2, 0) is 17.8 Å². The van der Waals surface area contributed by atoms with Crippen LogP contribution in [0.2, 0.25) is 0 Å². The summed E-state index contributed by atoms with van der Waals surface area (Å²) in [5, 5.41) is 2.11. The molecule has 0 N–H and O–H groups in total. The number of likely N-dealkylation sites (N-methyl/N-ethyl adjacent to an activating group) is 1. The molecule has 3 rings (SSSR count). The van der Waals surface area contributed by atoms with Gasteiger partial charge in [0.1, 0.15) is 0 Å². The van der Waals surface area contributed by atoms with Crippen molar-refractivity contribution in [3.63, 3.8) is 0 Å². The molecule has 22 heavy (non-hydrogen) atoms. The number of carbonyl (C=O) groups is 1. The summed E-state index contributed by atoms with van der Waals surface area (Å²) in [4.78, 5) is 18.3. The summed E-state index contributed by atoms with van der Waals surface area (Å²) in [5.41, 5.74) is 3.67. The largest absolute Gasteiger partial charge is 0.310 e. The number of carbonyl (C=O) groups excluding carboxylic acids is 1. The van der Waals surface area contributed by atoms with E-state index in [4.69, 9.17) is 0 Å². The molecule has 0 fully saturated rings. The van der Waals surface area contributed by atoms with Crippen molar-refractivity contribution in [3.8, 4) is 0 Å². The maximum atomic E-state index is 12.9. The molecule has 1 amide bonds. The molecule has 1 aromatic carbocycles. The third-order valence-electron chi connectivity index (χ3n) is 4.53. The number of anilines is 1. The Labute approximate surface area is 136 Å². The van der Waals surface area contributed by atoms with Crippen molar-refractivity contribution in [2.45, 2.75) is 32.9 Å². The Morgan fingerprint density at radius 3 is 2.86 bits per heavy atom. The van der Waals surface area contributed by atoms with Crippen LogP contribution in [0.25, 0.3) is 0 Å². The highest BCUT2D eigenvalue weighted by Gasteiger charge is 2.29. The third kappa shape index (κ3) is 2.81. The summed E-state index contributed by atoms with van der Waals surface area (Å²) < 4.78 is 0. The Bertz CT molecular complexity index is 679. The fourth-order valence-electron chi connectivity index (χ4n) is 2.91. The lowest BCUT2D eigenvalue weighted by Crippen LogP contribution is -2.44. The molecule has 3 nitrogen and oxygen atoms in total. The molecule has 0 bridgehead atoms. The molecular weight excluding hydrogens is 292 g/mol. The summed E-state index contributed by atoms with van der Waals surface area (Å²) in [6.45, 7) is 5.76. The van der Waals surface area contributed by atoms with E-state index in [1.54, 1.807) is 11.3 Å². The molecule has 4 heteroatoms. The molecule has 1 atom stereocenters. The normalized spacial score (nSPS) is 15.2. The van der Waals surface area contributed by atoms with E-state index in [-0.39, 0.29) is 11.9 Å². The predicted octanol–water partition coefficient (Wildman–Crippen LogP) is 3.47. The van der Waals surface area contributed by atoms with E-state index in [1.807, 2.05) is 31.0 Å². The maximum absolute atomic E-state index is 12.9. The number of rotatable bonds is 4. The lowest BCUT2D eigenvalue weighted by molar-refractivity contribution is -0.122. The van der Waals surface area contributed by atoms with E-state index >= 15 is 0 Å². The average Bonchev–Trinajstić information content (AvgIpc) is 3.12. The number of fused-ring (bicyclic) bond motifs is 1. The average molecular weight is 314 g/mol. The summed E-state index contributed by atoms with van der Waals surface area (Å²) in [6, 6.07) is 10.2. The molecule has 1 unspecified atom stereocenters. The van der Waals surface area contributed by atoms with Crippen LogP contribution >= 0.6 is 11.3 Å². The number of amides is 1. The van der Waals surface area contributed by atoms with Gasteiger partial charge in [0.25, 0.3) is 0 Å². The monoisotopic (exact) mass is 314 g/mol. The van der Waals surface area contributed by atoms with Crippen LogP contribution < -0.4 is 4.90 Å². The van der Waals surface area contributed by atoms with Crippen molar-refractivity contribution in [2.24, 2.45) is 0 Å². The Morgan fingerprint density at radius 1 is 1.36 bits per heavy atom. The second kappa shape index (κ2) is 6.23. The van der Waals surface area contributed by atoms with Gasteiger partial charge in [-0.2, -0.15) is 0 Å². The van der Waals surface area contributed by atoms with Gasteiger partial charge in [0.2, 0.25) is 5.91 Å². The van der Waals surface area contributed by atoms with E-state index in [1.165, 1.54) is 16.0 Å². The van der Waals surface area contributed by atoms with Gasteiger partial charge in [-0.1, -0.05) is 18.2 Å². The lowest BCUT2D eigenvalue weighted by Gasteiger charge is -2.28. The minimum Gasteiger partial charge on any atom is -0.310 e. The van der Waals surface area contributed by atoms with Gasteiger partial charge >= 0.3 is 0 Å². The quantitative estimate of drug-likeness (QED) is 0.863. The van der Waals surface area contributed by atoms with Crippen LogP contribution in [0.3, 0.4) is 0 Å². The highest BCUT2D eigenvalue weighted by atomic mass is 32.1. The van der Waals surface area contributed by atoms with Crippen molar-refractivity contribution >= 4 is 22.9 Å². The summed E-state index contributed by atoms with van der Waals surface area (Å²) in [5.74, 6) is 0.196. The number of hydrogen-bond donors (Lipinski definition) is 0. The van der Waals surface area contributed by atoms with Gasteiger partial charge in [0.15, 0.2) is 0 Å². The Kier molecular flexibility index (Phi) is 4.32. The Hall–Kier alpha value is -1.65. The number of aryl methyl sites for hydroxylation is 1. The number of benzene rings is 1. The van der Waals surface area contributed by atoms with E-state index in [9.17, 15) is 4.79 Å². The molecule has 2 aromatic rings. The van der Waals surface area contributed by atoms with Gasteiger partial charge in [-0.3, -0.25) is 9.69 Å². The first-order chi connectivity index (χ1) is 10.6. The van der Waals surface area contributed by atoms with Gasteiger partial charge < -0.3 is 4.90 Å². The summed E-state index contributed by atoms with van der Waals surface area (Å²) >= 11 is 1.76. The van der Waals surface area contributed by atoms with Crippen LogP contribution in [0.4, 0.5) is 5.69 Å². The topological polar surface area (TPSA) is 23.6 Å². The van der Waals surface area contributed by atoms with Gasteiger partial charge in [-0.05, 0) is 56.0 Å². The predicted molar refractivity (Wildman–Crippen MR) is 92.5 cm³/mol. The first-order valence-corrected chi connectivity index (χ1v) is 8.58. The van der Waals surface area contributed by atoms with Crippen molar-refractivity contribution in [1.29, 1.82) is 0 Å². The highest BCUT2D eigenvalue weighted by Crippen LogP contribution is 2.28. The highest BCUT2D eigenvalue weighted by molar-refractivity contribution is 7.10.